The molecule has 0 atom stereocenters. The fourth-order valence-corrected chi connectivity index (χ4v) is 0.909. The molecule has 0 aliphatic heterocycles. The summed E-state index contributed by atoms with van der Waals surface area (Å²) in [7, 11) is 2.85. The molecule has 1 aromatic rings. The van der Waals surface area contributed by atoms with Crippen LogP contribution in [0.25, 0.3) is 0 Å². The van der Waals surface area contributed by atoms with Crippen LogP contribution in [0.2, 0.25) is 0 Å². The minimum Gasteiger partial charge on any atom is -0.465 e. The lowest BCUT2D eigenvalue weighted by atomic mass is 10.2. The lowest BCUT2D eigenvalue weighted by Gasteiger charge is -1.96. The lowest BCUT2D eigenvalue weighted by Crippen LogP contribution is -1.99. The molecule has 0 N–H and O–H groups in total. The summed E-state index contributed by atoms with van der Waals surface area (Å²) in [6, 6.07) is 6.66. The maximum atomic E-state index is 11.1. The van der Waals surface area contributed by atoms with Crippen molar-refractivity contribution < 1.29 is 9.53 Å². The summed E-state index contributed by atoms with van der Waals surface area (Å²) < 4.78 is 4.56. The van der Waals surface area contributed by atoms with Crippen molar-refractivity contribution in [1.82, 2.24) is 4.91 Å². The number of hydrogen-bond acceptors (Lipinski definition) is 4. The number of esters is 1. The van der Waals surface area contributed by atoms with Crippen molar-refractivity contribution in [2.24, 2.45) is 10.2 Å². The molecular weight excluding hydrogens is 206 g/mol. The van der Waals surface area contributed by atoms with E-state index in [1.165, 1.54) is 14.2 Å². The number of rotatable bonds is 2. The standard InChI is InChI=1S/C9H10N3O2.C2H6/c1-10-12-11-8-5-3-4-7(6-8)9(13)14-2;1-2/h3-6H,1-2H3;1-2H3/q+1;. The molecule has 0 spiro atoms. The van der Waals surface area contributed by atoms with Gasteiger partial charge in [0.25, 0.3) is 0 Å². The van der Waals surface area contributed by atoms with E-state index in [0.29, 0.717) is 11.3 Å². The number of benzene rings is 1. The average molecular weight is 222 g/mol. The molecule has 0 bridgehead atoms. The van der Waals surface area contributed by atoms with Crippen LogP contribution < -0.4 is 4.91 Å². The molecule has 0 aliphatic carbocycles. The van der Waals surface area contributed by atoms with Crippen LogP contribution in [-0.4, -0.2) is 20.1 Å². The van der Waals surface area contributed by atoms with Gasteiger partial charge in [-0.25, -0.2) is 4.79 Å². The zero-order chi connectivity index (χ0) is 12.4. The van der Waals surface area contributed by atoms with E-state index in [4.69, 9.17) is 0 Å². The maximum Gasteiger partial charge on any atom is 0.337 e. The highest BCUT2D eigenvalue weighted by Gasteiger charge is 2.06. The van der Waals surface area contributed by atoms with Crippen LogP contribution >= 0.6 is 0 Å². The second kappa shape index (κ2) is 8.32. The van der Waals surface area contributed by atoms with Gasteiger partial charge in [0.2, 0.25) is 4.91 Å². The first-order valence-electron chi connectivity index (χ1n) is 4.96. The number of nitrogens with zero attached hydrogens (tertiary/aromatic N) is 3. The predicted octanol–water partition coefficient (Wildman–Crippen LogP) is 2.73. The Morgan fingerprint density at radius 3 is 2.62 bits per heavy atom. The molecule has 0 fully saturated rings. The molecule has 0 saturated carbocycles. The van der Waals surface area contributed by atoms with E-state index in [2.05, 4.69) is 19.9 Å². The van der Waals surface area contributed by atoms with Crippen molar-refractivity contribution in [3.05, 3.63) is 29.8 Å². The molecule has 0 unspecified atom stereocenters. The van der Waals surface area contributed by atoms with Crippen LogP contribution in [0.15, 0.2) is 34.5 Å². The molecular formula is C11H16N3O2+. The van der Waals surface area contributed by atoms with Crippen molar-refractivity contribution in [3.63, 3.8) is 0 Å². The highest BCUT2D eigenvalue weighted by Crippen LogP contribution is 2.13. The fraction of sp³-hybridized carbons (Fsp3) is 0.364. The van der Waals surface area contributed by atoms with E-state index in [0.717, 1.165) is 0 Å². The predicted molar refractivity (Wildman–Crippen MR) is 61.7 cm³/mol. The molecule has 1 rings (SSSR count). The van der Waals surface area contributed by atoms with Gasteiger partial charge in [-0.05, 0) is 18.2 Å². The van der Waals surface area contributed by atoms with E-state index >= 15 is 0 Å². The van der Waals surface area contributed by atoms with Crippen molar-refractivity contribution in [2.45, 2.75) is 13.8 Å². The summed E-state index contributed by atoms with van der Waals surface area (Å²) in [5.41, 5.74) is 1.01. The molecule has 86 valence electrons. The second-order valence-electron chi connectivity index (χ2n) is 2.43. The van der Waals surface area contributed by atoms with E-state index in [1.54, 1.807) is 24.3 Å². The van der Waals surface area contributed by atoms with E-state index < -0.39 is 5.97 Å². The zero-order valence-corrected chi connectivity index (χ0v) is 9.97. The van der Waals surface area contributed by atoms with Gasteiger partial charge in [-0.2, -0.15) is 0 Å². The van der Waals surface area contributed by atoms with Crippen molar-refractivity contribution in [2.75, 3.05) is 14.2 Å². The van der Waals surface area contributed by atoms with E-state index in [1.807, 2.05) is 13.8 Å². The van der Waals surface area contributed by atoms with Gasteiger partial charge >= 0.3 is 5.97 Å². The molecule has 16 heavy (non-hydrogen) atoms. The van der Waals surface area contributed by atoms with Gasteiger partial charge in [-0.15, -0.1) is 0 Å². The number of carbonyl (C=O) groups is 1. The summed E-state index contributed by atoms with van der Waals surface area (Å²) in [6.07, 6.45) is 0. The SMILES string of the molecule is CC.CN=[N+]=Nc1cccc(C(=O)OC)c1. The van der Waals surface area contributed by atoms with Gasteiger partial charge in [0.05, 0.1) is 12.7 Å². The molecule has 0 aromatic heterocycles. The van der Waals surface area contributed by atoms with Crippen LogP contribution in [0.1, 0.15) is 24.2 Å². The van der Waals surface area contributed by atoms with Gasteiger partial charge in [-0.1, -0.05) is 19.9 Å². The molecule has 5 nitrogen and oxygen atoms in total. The highest BCUT2D eigenvalue weighted by molar-refractivity contribution is 5.90. The van der Waals surface area contributed by atoms with Crippen molar-refractivity contribution in [1.29, 1.82) is 0 Å². The Balaban J connectivity index is 0.00000106. The Morgan fingerprint density at radius 2 is 2.06 bits per heavy atom. The van der Waals surface area contributed by atoms with Crippen LogP contribution in [0.5, 0.6) is 0 Å². The highest BCUT2D eigenvalue weighted by atomic mass is 16.5. The summed E-state index contributed by atoms with van der Waals surface area (Å²) in [5.74, 6) is -0.393. The van der Waals surface area contributed by atoms with Crippen molar-refractivity contribution >= 4 is 11.7 Å². The quantitative estimate of drug-likeness (QED) is 0.438. The number of methoxy groups -OCH3 is 1. The van der Waals surface area contributed by atoms with Crippen LogP contribution in [0.4, 0.5) is 5.69 Å². The maximum absolute atomic E-state index is 11.1. The third kappa shape index (κ3) is 4.48. The Hall–Kier alpha value is -2.00. The number of ether oxygens (including phenoxy) is 1. The second-order valence-corrected chi connectivity index (χ2v) is 2.43. The number of hydrogen-bond donors (Lipinski definition) is 0. The Kier molecular flexibility index (Phi) is 7.28. The first-order chi connectivity index (χ1) is 7.77. The Labute approximate surface area is 94.9 Å². The minimum absolute atomic E-state index is 0.393. The van der Waals surface area contributed by atoms with Gasteiger partial charge in [0, 0.05) is 0 Å². The first-order valence-corrected chi connectivity index (χ1v) is 4.96. The summed E-state index contributed by atoms with van der Waals surface area (Å²) in [5, 5.41) is 7.22. The number of carbonyl (C=O) groups excluding carboxylic acids is 1. The van der Waals surface area contributed by atoms with Crippen LogP contribution in [0, 0.1) is 0 Å². The van der Waals surface area contributed by atoms with Crippen LogP contribution in [0.3, 0.4) is 0 Å². The van der Waals surface area contributed by atoms with Gasteiger partial charge in [-0.3, -0.25) is 0 Å². The topological polar surface area (TPSA) is 65.1 Å². The molecule has 0 heterocycles. The molecule has 0 amide bonds. The molecule has 5 heteroatoms. The minimum atomic E-state index is -0.393. The van der Waals surface area contributed by atoms with Gasteiger partial charge in [0.15, 0.2) is 10.8 Å². The fourth-order valence-electron chi connectivity index (χ4n) is 0.909. The molecule has 0 radical (unpaired) electrons. The Morgan fingerprint density at radius 1 is 1.38 bits per heavy atom. The first kappa shape index (κ1) is 14.0. The smallest absolute Gasteiger partial charge is 0.337 e. The summed E-state index contributed by atoms with van der Waals surface area (Å²) >= 11 is 0. The summed E-state index contributed by atoms with van der Waals surface area (Å²) in [4.78, 5) is 14.6. The largest absolute Gasteiger partial charge is 0.465 e. The third-order valence-electron chi connectivity index (χ3n) is 1.52. The van der Waals surface area contributed by atoms with E-state index in [-0.39, 0.29) is 0 Å². The summed E-state index contributed by atoms with van der Waals surface area (Å²) in [6.45, 7) is 4.00. The van der Waals surface area contributed by atoms with E-state index in [9.17, 15) is 4.79 Å². The molecule has 0 saturated heterocycles. The normalized spacial score (nSPS) is 8.00. The molecule has 1 aromatic carbocycles. The third-order valence-corrected chi connectivity index (χ3v) is 1.52. The monoisotopic (exact) mass is 222 g/mol. The van der Waals surface area contributed by atoms with Crippen LogP contribution in [-0.2, 0) is 4.74 Å². The molecule has 0 aliphatic rings. The Bertz CT molecular complexity index is 379. The van der Waals surface area contributed by atoms with Gasteiger partial charge < -0.3 is 4.74 Å². The average Bonchev–Trinajstić information content (AvgIpc) is 2.38. The lowest BCUT2D eigenvalue weighted by molar-refractivity contribution is 0.0601. The zero-order valence-electron chi connectivity index (χ0n) is 9.97. The van der Waals surface area contributed by atoms with Crippen molar-refractivity contribution in [3.8, 4) is 0 Å². The van der Waals surface area contributed by atoms with Gasteiger partial charge in [0.1, 0.15) is 12.2 Å².